The molecule has 25 heavy (non-hydrogen) atoms. The zero-order chi connectivity index (χ0) is 17.2. The van der Waals surface area contributed by atoms with E-state index in [4.69, 9.17) is 0 Å². The Labute approximate surface area is 155 Å². The molecule has 0 bridgehead atoms. The van der Waals surface area contributed by atoms with E-state index in [0.717, 1.165) is 37.9 Å². The van der Waals surface area contributed by atoms with Gasteiger partial charge in [-0.1, -0.05) is 25.0 Å². The molecule has 1 aliphatic heterocycles. The number of halogens is 1. The second-order valence-corrected chi connectivity index (χ2v) is 7.17. The van der Waals surface area contributed by atoms with Gasteiger partial charge in [-0.05, 0) is 43.0 Å². The van der Waals surface area contributed by atoms with Gasteiger partial charge in [-0.25, -0.2) is 0 Å². The molecule has 6 heteroatoms. The first-order valence-corrected chi connectivity index (χ1v) is 8.84. The molecular formula is C19H28ClN3O2. The molecule has 1 aromatic rings. The van der Waals surface area contributed by atoms with E-state index in [1.165, 1.54) is 6.42 Å². The van der Waals surface area contributed by atoms with Gasteiger partial charge in [-0.15, -0.1) is 12.4 Å². The number of hydrogen-bond donors (Lipinski definition) is 2. The molecule has 2 N–H and O–H groups in total. The molecule has 1 heterocycles. The van der Waals surface area contributed by atoms with Gasteiger partial charge < -0.3 is 15.5 Å². The molecular weight excluding hydrogens is 338 g/mol. The van der Waals surface area contributed by atoms with Crippen LogP contribution in [0.15, 0.2) is 24.3 Å². The molecule has 0 radical (unpaired) electrons. The summed E-state index contributed by atoms with van der Waals surface area (Å²) in [6.45, 7) is 2.37. The van der Waals surface area contributed by atoms with Crippen molar-refractivity contribution in [2.75, 3.05) is 27.2 Å². The molecule has 1 saturated heterocycles. The monoisotopic (exact) mass is 365 g/mol. The molecule has 2 atom stereocenters. The van der Waals surface area contributed by atoms with Gasteiger partial charge in [-0.2, -0.15) is 0 Å². The van der Waals surface area contributed by atoms with Crippen LogP contribution in [0, 0.1) is 11.3 Å². The number of nitrogens with zero attached hydrogens (tertiary/aromatic N) is 1. The number of carbonyl (C=O) groups is 2. The van der Waals surface area contributed by atoms with Crippen LogP contribution in [0.4, 0.5) is 0 Å². The Balaban J connectivity index is 0.00000225. The Hall–Kier alpha value is -1.59. The molecule has 5 nitrogen and oxygen atoms in total. The molecule has 3 rings (SSSR count). The lowest BCUT2D eigenvalue weighted by Crippen LogP contribution is -2.48. The maximum atomic E-state index is 13.1. The highest BCUT2D eigenvalue weighted by molar-refractivity contribution is 5.94. The molecule has 0 spiro atoms. The smallest absolute Gasteiger partial charge is 0.251 e. The van der Waals surface area contributed by atoms with Crippen molar-refractivity contribution in [3.05, 3.63) is 35.4 Å². The van der Waals surface area contributed by atoms with Crippen molar-refractivity contribution in [3.63, 3.8) is 0 Å². The number of hydrogen-bond acceptors (Lipinski definition) is 3. The van der Waals surface area contributed by atoms with Crippen molar-refractivity contribution in [1.29, 1.82) is 0 Å². The third-order valence-electron chi connectivity index (χ3n) is 5.67. The number of carbonyl (C=O) groups excluding carboxylic acids is 2. The number of benzene rings is 1. The first-order valence-electron chi connectivity index (χ1n) is 8.84. The lowest BCUT2D eigenvalue weighted by Gasteiger charge is -2.39. The summed E-state index contributed by atoms with van der Waals surface area (Å²) in [7, 11) is 3.52. The Morgan fingerprint density at radius 2 is 2.00 bits per heavy atom. The van der Waals surface area contributed by atoms with Gasteiger partial charge in [0.25, 0.3) is 5.91 Å². The SMILES string of the molecule is CNC(=O)c1ccc(CN(C)C(=O)[C@@]23CCCC[C@H]2CNC3)cc1.Cl. The maximum absolute atomic E-state index is 13.1. The van der Waals surface area contributed by atoms with Crippen molar-refractivity contribution in [2.45, 2.75) is 32.2 Å². The fraction of sp³-hybridized carbons (Fsp3) is 0.579. The molecule has 1 saturated carbocycles. The second-order valence-electron chi connectivity index (χ2n) is 7.17. The summed E-state index contributed by atoms with van der Waals surface area (Å²) in [5.74, 6) is 0.663. The van der Waals surface area contributed by atoms with E-state index >= 15 is 0 Å². The predicted molar refractivity (Wildman–Crippen MR) is 101 cm³/mol. The minimum atomic E-state index is -0.199. The van der Waals surface area contributed by atoms with Crippen molar-refractivity contribution in [3.8, 4) is 0 Å². The molecule has 0 aromatic heterocycles. The summed E-state index contributed by atoms with van der Waals surface area (Å²) in [4.78, 5) is 26.6. The van der Waals surface area contributed by atoms with E-state index in [1.54, 1.807) is 7.05 Å². The largest absolute Gasteiger partial charge is 0.355 e. The summed E-state index contributed by atoms with van der Waals surface area (Å²) >= 11 is 0. The van der Waals surface area contributed by atoms with Gasteiger partial charge in [-0.3, -0.25) is 9.59 Å². The standard InChI is InChI=1S/C19H27N3O2.ClH/c1-20-17(23)15-8-6-14(7-9-15)12-22(2)18(24)19-10-4-3-5-16(19)11-21-13-19;/h6-9,16,21H,3-5,10-13H2,1-2H3,(H,20,23);1H/t16-,19+;/m0./s1. The van der Waals surface area contributed by atoms with E-state index in [0.29, 0.717) is 18.0 Å². The molecule has 2 amide bonds. The summed E-state index contributed by atoms with van der Waals surface area (Å²) in [5, 5.41) is 6.06. The third-order valence-corrected chi connectivity index (χ3v) is 5.67. The highest BCUT2D eigenvalue weighted by Crippen LogP contribution is 2.45. The average Bonchev–Trinajstić information content (AvgIpc) is 3.06. The Morgan fingerprint density at radius 3 is 2.68 bits per heavy atom. The number of fused-ring (bicyclic) bond motifs is 1. The van der Waals surface area contributed by atoms with Crippen LogP contribution in [-0.2, 0) is 11.3 Å². The summed E-state index contributed by atoms with van der Waals surface area (Å²) in [6, 6.07) is 7.48. The van der Waals surface area contributed by atoms with Crippen LogP contribution in [0.2, 0.25) is 0 Å². The van der Waals surface area contributed by atoms with Crippen LogP contribution >= 0.6 is 12.4 Å². The Kier molecular flexibility index (Phi) is 6.47. The first kappa shape index (κ1) is 19.7. The van der Waals surface area contributed by atoms with Crippen molar-refractivity contribution < 1.29 is 9.59 Å². The summed E-state index contributed by atoms with van der Waals surface area (Å²) in [5.41, 5.74) is 1.49. The van der Waals surface area contributed by atoms with Gasteiger partial charge in [0.05, 0.1) is 5.41 Å². The number of rotatable bonds is 4. The summed E-state index contributed by atoms with van der Waals surface area (Å²) in [6.07, 6.45) is 4.56. The number of amides is 2. The molecule has 0 unspecified atom stereocenters. The Morgan fingerprint density at radius 1 is 1.28 bits per heavy atom. The van der Waals surface area contributed by atoms with Crippen LogP contribution < -0.4 is 10.6 Å². The van der Waals surface area contributed by atoms with Gasteiger partial charge in [0.15, 0.2) is 0 Å². The molecule has 138 valence electrons. The van der Waals surface area contributed by atoms with Crippen LogP contribution in [0.1, 0.15) is 41.6 Å². The fourth-order valence-corrected chi connectivity index (χ4v) is 4.30. The maximum Gasteiger partial charge on any atom is 0.251 e. The van der Waals surface area contributed by atoms with Crippen LogP contribution in [0.25, 0.3) is 0 Å². The lowest BCUT2D eigenvalue weighted by molar-refractivity contribution is -0.144. The van der Waals surface area contributed by atoms with Crippen molar-refractivity contribution in [1.82, 2.24) is 15.5 Å². The summed E-state index contributed by atoms with van der Waals surface area (Å²) < 4.78 is 0. The normalized spacial score (nSPS) is 24.8. The van der Waals surface area contributed by atoms with Gasteiger partial charge in [0.1, 0.15) is 0 Å². The van der Waals surface area contributed by atoms with Crippen LogP contribution in [0.5, 0.6) is 0 Å². The van der Waals surface area contributed by atoms with Gasteiger partial charge in [0.2, 0.25) is 5.91 Å². The molecule has 2 fully saturated rings. The van der Waals surface area contributed by atoms with Crippen LogP contribution in [0.3, 0.4) is 0 Å². The average molecular weight is 366 g/mol. The third kappa shape index (κ3) is 3.82. The number of nitrogens with one attached hydrogen (secondary N) is 2. The highest BCUT2D eigenvalue weighted by Gasteiger charge is 2.50. The zero-order valence-corrected chi connectivity index (χ0v) is 15.8. The first-order chi connectivity index (χ1) is 11.6. The minimum absolute atomic E-state index is 0. The topological polar surface area (TPSA) is 61.4 Å². The molecule has 2 aliphatic rings. The van der Waals surface area contributed by atoms with E-state index in [2.05, 4.69) is 10.6 Å². The predicted octanol–water partition coefficient (Wildman–Crippen LogP) is 2.21. The fourth-order valence-electron chi connectivity index (χ4n) is 4.30. The highest BCUT2D eigenvalue weighted by atomic mass is 35.5. The molecule has 1 aromatic carbocycles. The van der Waals surface area contributed by atoms with E-state index in [9.17, 15) is 9.59 Å². The molecule has 1 aliphatic carbocycles. The van der Waals surface area contributed by atoms with Crippen molar-refractivity contribution in [2.24, 2.45) is 11.3 Å². The van der Waals surface area contributed by atoms with E-state index in [-0.39, 0.29) is 29.6 Å². The van der Waals surface area contributed by atoms with E-state index < -0.39 is 0 Å². The Bertz CT molecular complexity index is 620. The van der Waals surface area contributed by atoms with Crippen molar-refractivity contribution >= 4 is 24.2 Å². The minimum Gasteiger partial charge on any atom is -0.355 e. The van der Waals surface area contributed by atoms with Crippen LogP contribution in [-0.4, -0.2) is 43.9 Å². The van der Waals surface area contributed by atoms with E-state index in [1.807, 2.05) is 36.2 Å². The lowest BCUT2D eigenvalue weighted by atomic mass is 9.67. The quantitative estimate of drug-likeness (QED) is 0.860. The van der Waals surface area contributed by atoms with Gasteiger partial charge >= 0.3 is 0 Å². The van der Waals surface area contributed by atoms with Gasteiger partial charge in [0, 0.05) is 32.7 Å². The zero-order valence-electron chi connectivity index (χ0n) is 15.0. The second kappa shape index (κ2) is 8.19.